The van der Waals surface area contributed by atoms with E-state index in [0.29, 0.717) is 31.3 Å². The van der Waals surface area contributed by atoms with Crippen molar-refractivity contribution in [1.29, 1.82) is 0 Å². The number of aliphatic carboxylic acids is 2. The van der Waals surface area contributed by atoms with E-state index < -0.39 is 36.2 Å². The third-order valence-electron chi connectivity index (χ3n) is 3.93. The predicted molar refractivity (Wildman–Crippen MR) is 93.1 cm³/mol. The Labute approximate surface area is 148 Å². The Balaban J connectivity index is 4.39. The molecule has 5 N–H and O–H groups in total. The highest BCUT2D eigenvalue weighted by atomic mass is 16.4. The summed E-state index contributed by atoms with van der Waals surface area (Å²) in [5.74, 6) is -3.43. The first-order valence-corrected chi connectivity index (χ1v) is 8.31. The van der Waals surface area contributed by atoms with Crippen molar-refractivity contribution >= 4 is 11.9 Å². The summed E-state index contributed by atoms with van der Waals surface area (Å²) in [5, 5.41) is 46.7. The van der Waals surface area contributed by atoms with Gasteiger partial charge >= 0.3 is 11.9 Å². The summed E-state index contributed by atoms with van der Waals surface area (Å²) < 4.78 is 0. The van der Waals surface area contributed by atoms with Crippen molar-refractivity contribution in [3.8, 4) is 0 Å². The van der Waals surface area contributed by atoms with E-state index in [-0.39, 0.29) is 6.42 Å². The molecule has 0 heterocycles. The number of allylic oxidation sites excluding steroid dienone is 2. The fourth-order valence-corrected chi connectivity index (χ4v) is 2.79. The molecule has 0 saturated carbocycles. The molecule has 0 aromatic rings. The van der Waals surface area contributed by atoms with Crippen molar-refractivity contribution in [2.75, 3.05) is 6.61 Å². The molecule has 0 aromatic heterocycles. The van der Waals surface area contributed by atoms with Crippen LogP contribution in [0.5, 0.6) is 0 Å². The molecule has 3 atom stereocenters. The van der Waals surface area contributed by atoms with Crippen LogP contribution >= 0.6 is 0 Å². The van der Waals surface area contributed by atoms with Crippen LogP contribution in [-0.4, -0.2) is 55.8 Å². The highest BCUT2D eigenvalue weighted by Crippen LogP contribution is 2.24. The Kier molecular flexibility index (Phi) is 10.3. The second-order valence-electron chi connectivity index (χ2n) is 6.83. The summed E-state index contributed by atoms with van der Waals surface area (Å²) in [4.78, 5) is 21.4. The molecule has 0 aromatic carbocycles. The normalized spacial score (nSPS) is 17.7. The minimum absolute atomic E-state index is 0.239. The van der Waals surface area contributed by atoms with Crippen molar-refractivity contribution < 1.29 is 35.1 Å². The van der Waals surface area contributed by atoms with E-state index >= 15 is 0 Å². The van der Waals surface area contributed by atoms with Crippen molar-refractivity contribution in [3.05, 3.63) is 23.3 Å². The zero-order chi connectivity index (χ0) is 19.6. The van der Waals surface area contributed by atoms with E-state index in [1.165, 1.54) is 0 Å². The number of carbonyl (C=O) groups is 2. The molecule has 7 heteroatoms. The van der Waals surface area contributed by atoms with Gasteiger partial charge in [0, 0.05) is 6.08 Å². The molecule has 0 radical (unpaired) electrons. The third kappa shape index (κ3) is 10.7. The van der Waals surface area contributed by atoms with Gasteiger partial charge in [0.25, 0.3) is 0 Å². The molecular formula is C18H30O7. The number of unbranched alkanes of at least 4 members (excludes halogenated alkanes) is 1. The minimum atomic E-state index is -1.23. The number of carboxylic acids is 2. The summed E-state index contributed by atoms with van der Waals surface area (Å²) in [6, 6.07) is 0. The van der Waals surface area contributed by atoms with Crippen LogP contribution in [0, 0.1) is 5.92 Å². The second-order valence-corrected chi connectivity index (χ2v) is 6.83. The van der Waals surface area contributed by atoms with Crippen molar-refractivity contribution in [3.63, 3.8) is 0 Å². The van der Waals surface area contributed by atoms with Crippen molar-refractivity contribution in [2.45, 2.75) is 64.6 Å². The van der Waals surface area contributed by atoms with Gasteiger partial charge in [0.05, 0.1) is 18.3 Å². The molecular weight excluding hydrogens is 328 g/mol. The van der Waals surface area contributed by atoms with Crippen LogP contribution in [0.2, 0.25) is 0 Å². The molecule has 0 aliphatic carbocycles. The number of hydrogen-bond acceptors (Lipinski definition) is 5. The SMILES string of the molecule is CC(=C\C(=O)O)/C=C(\C)CC(C)(O)CCCCC(O)C(CO)C(=O)O. The maximum Gasteiger partial charge on any atom is 0.328 e. The van der Waals surface area contributed by atoms with Crippen molar-refractivity contribution in [2.24, 2.45) is 5.92 Å². The molecule has 0 aliphatic heterocycles. The quantitative estimate of drug-likeness (QED) is 0.204. The molecule has 25 heavy (non-hydrogen) atoms. The van der Waals surface area contributed by atoms with Gasteiger partial charge in [-0.3, -0.25) is 4.79 Å². The lowest BCUT2D eigenvalue weighted by Crippen LogP contribution is -2.31. The second kappa shape index (κ2) is 11.0. The van der Waals surface area contributed by atoms with E-state index in [1.54, 1.807) is 19.9 Å². The lowest BCUT2D eigenvalue weighted by Gasteiger charge is -2.24. The number of aliphatic hydroxyl groups is 3. The lowest BCUT2D eigenvalue weighted by atomic mass is 9.89. The predicted octanol–water partition coefficient (Wildman–Crippen LogP) is 1.72. The van der Waals surface area contributed by atoms with E-state index in [0.717, 1.165) is 11.6 Å². The average molecular weight is 358 g/mol. The van der Waals surface area contributed by atoms with E-state index in [4.69, 9.17) is 15.3 Å². The molecule has 3 unspecified atom stereocenters. The fraction of sp³-hybridized carbons (Fsp3) is 0.667. The van der Waals surface area contributed by atoms with Crippen LogP contribution in [0.3, 0.4) is 0 Å². The zero-order valence-electron chi connectivity index (χ0n) is 15.1. The van der Waals surface area contributed by atoms with Crippen LogP contribution < -0.4 is 0 Å². The Bertz CT molecular complexity index is 506. The van der Waals surface area contributed by atoms with Gasteiger partial charge in [-0.15, -0.1) is 0 Å². The topological polar surface area (TPSA) is 135 Å². The molecule has 0 spiro atoms. The van der Waals surface area contributed by atoms with Crippen LogP contribution in [0.1, 0.15) is 52.9 Å². The summed E-state index contributed by atoms with van der Waals surface area (Å²) in [7, 11) is 0. The van der Waals surface area contributed by atoms with Crippen LogP contribution in [0.25, 0.3) is 0 Å². The third-order valence-corrected chi connectivity index (χ3v) is 3.93. The average Bonchev–Trinajstić information content (AvgIpc) is 2.41. The number of aliphatic hydroxyl groups excluding tert-OH is 2. The van der Waals surface area contributed by atoms with Crippen LogP contribution in [0.15, 0.2) is 23.3 Å². The van der Waals surface area contributed by atoms with Gasteiger partial charge in [-0.25, -0.2) is 4.79 Å². The highest BCUT2D eigenvalue weighted by molar-refractivity contribution is 5.81. The fourth-order valence-electron chi connectivity index (χ4n) is 2.79. The largest absolute Gasteiger partial charge is 0.481 e. The molecule has 7 nitrogen and oxygen atoms in total. The standard InChI is InChI=1S/C18H30O7/c1-12(9-16(21)22)8-13(2)10-18(3,25)7-5-4-6-15(20)14(11-19)17(23)24/h8-9,14-15,19-20,25H,4-7,10-11H2,1-3H3,(H,21,22)(H,23,24)/b12-9+,13-8+. The molecule has 0 amide bonds. The number of carboxylic acid groups (broad SMARTS) is 2. The summed E-state index contributed by atoms with van der Waals surface area (Å²) in [5.41, 5.74) is 0.469. The van der Waals surface area contributed by atoms with Crippen LogP contribution in [0.4, 0.5) is 0 Å². The van der Waals surface area contributed by atoms with E-state index in [9.17, 15) is 19.8 Å². The first kappa shape index (κ1) is 23.3. The maximum absolute atomic E-state index is 10.8. The molecule has 0 aliphatic rings. The highest BCUT2D eigenvalue weighted by Gasteiger charge is 2.26. The van der Waals surface area contributed by atoms with Gasteiger partial charge in [-0.05, 0) is 45.6 Å². The lowest BCUT2D eigenvalue weighted by molar-refractivity contribution is -0.147. The minimum Gasteiger partial charge on any atom is -0.481 e. The first-order chi connectivity index (χ1) is 11.5. The Morgan fingerprint density at radius 1 is 1.12 bits per heavy atom. The number of hydrogen-bond donors (Lipinski definition) is 5. The van der Waals surface area contributed by atoms with Gasteiger partial charge in [-0.1, -0.05) is 24.5 Å². The molecule has 144 valence electrons. The van der Waals surface area contributed by atoms with Gasteiger partial charge in [0.2, 0.25) is 0 Å². The Morgan fingerprint density at radius 3 is 2.20 bits per heavy atom. The smallest absolute Gasteiger partial charge is 0.328 e. The van der Waals surface area contributed by atoms with Gasteiger partial charge in [0.1, 0.15) is 5.92 Å². The zero-order valence-corrected chi connectivity index (χ0v) is 15.1. The summed E-state index contributed by atoms with van der Waals surface area (Å²) in [6.07, 6.45) is 3.91. The molecule has 0 saturated heterocycles. The molecule has 0 bridgehead atoms. The monoisotopic (exact) mass is 358 g/mol. The van der Waals surface area contributed by atoms with Crippen LogP contribution in [-0.2, 0) is 9.59 Å². The Hall–Kier alpha value is -1.70. The molecule has 0 fully saturated rings. The van der Waals surface area contributed by atoms with E-state index in [1.807, 2.05) is 6.92 Å². The summed E-state index contributed by atoms with van der Waals surface area (Å²) >= 11 is 0. The van der Waals surface area contributed by atoms with Gasteiger partial charge in [-0.2, -0.15) is 0 Å². The van der Waals surface area contributed by atoms with Crippen molar-refractivity contribution in [1.82, 2.24) is 0 Å². The van der Waals surface area contributed by atoms with Gasteiger partial charge < -0.3 is 25.5 Å². The molecule has 0 rings (SSSR count). The Morgan fingerprint density at radius 2 is 1.72 bits per heavy atom. The first-order valence-electron chi connectivity index (χ1n) is 8.31. The maximum atomic E-state index is 10.8. The summed E-state index contributed by atoms with van der Waals surface area (Å²) in [6.45, 7) is 4.57. The van der Waals surface area contributed by atoms with E-state index in [2.05, 4.69) is 0 Å². The van der Waals surface area contributed by atoms with Gasteiger partial charge in [0.15, 0.2) is 0 Å². The number of rotatable bonds is 12.